The maximum atomic E-state index is 13.7. The van der Waals surface area contributed by atoms with Gasteiger partial charge in [0.1, 0.15) is 11.6 Å². The predicted octanol–water partition coefficient (Wildman–Crippen LogP) is 8.52. The first-order chi connectivity index (χ1) is 24.6. The van der Waals surface area contributed by atoms with Gasteiger partial charge in [-0.25, -0.2) is 13.8 Å². The predicted molar refractivity (Wildman–Crippen MR) is 203 cm³/mol. The molecule has 0 unspecified atom stereocenters. The van der Waals surface area contributed by atoms with Gasteiger partial charge in [0.05, 0.1) is 22.9 Å². The van der Waals surface area contributed by atoms with Crippen LogP contribution in [0.1, 0.15) is 61.0 Å². The van der Waals surface area contributed by atoms with Crippen molar-refractivity contribution in [2.75, 3.05) is 36.9 Å². The van der Waals surface area contributed by atoms with Crippen LogP contribution in [0.5, 0.6) is 0 Å². The zero-order valence-electron chi connectivity index (χ0n) is 30.1. The van der Waals surface area contributed by atoms with Gasteiger partial charge in [0.25, 0.3) is 0 Å². The molecule has 2 aliphatic rings. The highest BCUT2D eigenvalue weighted by molar-refractivity contribution is 5.85. The third kappa shape index (κ3) is 7.61. The molecule has 0 amide bonds. The van der Waals surface area contributed by atoms with E-state index in [9.17, 15) is 8.78 Å². The molecule has 5 aromatic rings. The molecule has 3 aromatic heterocycles. The smallest absolute Gasteiger partial charge is 0.208 e. The normalized spacial score (nSPS) is 16.2. The molecule has 5 heterocycles. The SMILES string of the molecule is C=C1Nc2nc3ccc(N(C)C(=C)C4CCN(CCc5cc(F)cc(F)c5)CC4)cc3n2CCCCCCc2c(cnn2C)-c2cc1cc(C)n2. The van der Waals surface area contributed by atoms with Gasteiger partial charge in [-0.3, -0.25) is 9.67 Å². The van der Waals surface area contributed by atoms with Crippen molar-refractivity contribution in [1.29, 1.82) is 0 Å². The second-order valence-corrected chi connectivity index (χ2v) is 14.2. The number of piperidine rings is 1. The number of aromatic nitrogens is 5. The van der Waals surface area contributed by atoms with E-state index in [2.05, 4.69) is 75.3 Å². The molecule has 0 spiro atoms. The van der Waals surface area contributed by atoms with Crippen LogP contribution in [0.15, 0.2) is 73.6 Å². The third-order valence-corrected chi connectivity index (χ3v) is 10.7. The van der Waals surface area contributed by atoms with E-state index in [1.54, 1.807) is 0 Å². The van der Waals surface area contributed by atoms with E-state index in [1.807, 2.05) is 24.9 Å². The van der Waals surface area contributed by atoms with Crippen molar-refractivity contribution in [3.05, 3.63) is 108 Å². The van der Waals surface area contributed by atoms with Gasteiger partial charge in [-0.2, -0.15) is 5.10 Å². The van der Waals surface area contributed by atoms with Crippen molar-refractivity contribution < 1.29 is 8.78 Å². The lowest BCUT2D eigenvalue weighted by molar-refractivity contribution is 0.200. The van der Waals surface area contributed by atoms with Crippen molar-refractivity contribution in [3.63, 3.8) is 0 Å². The first-order valence-corrected chi connectivity index (χ1v) is 18.2. The highest BCUT2D eigenvalue weighted by Gasteiger charge is 2.25. The summed E-state index contributed by atoms with van der Waals surface area (Å²) in [5.74, 6) is 0.111. The lowest BCUT2D eigenvalue weighted by atomic mass is 9.93. The lowest BCUT2D eigenvalue weighted by Crippen LogP contribution is -2.37. The number of rotatable bonds is 6. The summed E-state index contributed by atoms with van der Waals surface area (Å²) in [5.41, 5.74) is 10.8. The molecule has 2 aliphatic heterocycles. The molecular formula is C41H48F2N8. The Bertz CT molecular complexity index is 2050. The summed E-state index contributed by atoms with van der Waals surface area (Å²) >= 11 is 0. The number of aryl methyl sites for hydroxylation is 3. The van der Waals surface area contributed by atoms with Gasteiger partial charge < -0.3 is 19.7 Å². The highest BCUT2D eigenvalue weighted by Crippen LogP contribution is 2.33. The summed E-state index contributed by atoms with van der Waals surface area (Å²) < 4.78 is 31.6. The van der Waals surface area contributed by atoms with E-state index in [1.165, 1.54) is 17.8 Å². The second kappa shape index (κ2) is 14.8. The summed E-state index contributed by atoms with van der Waals surface area (Å²) in [6.07, 6.45) is 9.90. The van der Waals surface area contributed by atoms with Crippen LogP contribution in [0.3, 0.4) is 0 Å². The third-order valence-electron chi connectivity index (χ3n) is 10.7. The lowest BCUT2D eigenvalue weighted by Gasteiger charge is -2.36. The minimum absolute atomic E-state index is 0.359. The number of anilines is 2. The fourth-order valence-electron chi connectivity index (χ4n) is 7.69. The van der Waals surface area contributed by atoms with E-state index in [-0.39, 0.29) is 0 Å². The average molecular weight is 691 g/mol. The summed E-state index contributed by atoms with van der Waals surface area (Å²) in [4.78, 5) is 14.6. The largest absolute Gasteiger partial charge is 0.348 e. The fraction of sp³-hybridized carbons (Fsp3) is 0.390. The summed E-state index contributed by atoms with van der Waals surface area (Å²) in [7, 11) is 4.12. The van der Waals surface area contributed by atoms with E-state index in [0.717, 1.165) is 134 Å². The number of allylic oxidation sites excluding steroid dienone is 1. The molecule has 1 N–H and O–H groups in total. The molecule has 10 heteroatoms. The number of nitrogens with one attached hydrogen (secondary N) is 1. The minimum atomic E-state index is -0.517. The van der Waals surface area contributed by atoms with Crippen molar-refractivity contribution in [1.82, 2.24) is 29.2 Å². The number of hydrogen-bond acceptors (Lipinski definition) is 6. The maximum Gasteiger partial charge on any atom is 0.208 e. The van der Waals surface area contributed by atoms with Crippen LogP contribution in [0.2, 0.25) is 0 Å². The molecule has 1 fully saturated rings. The summed E-state index contributed by atoms with van der Waals surface area (Å²) in [5, 5.41) is 8.15. The van der Waals surface area contributed by atoms with Gasteiger partial charge in [0.2, 0.25) is 5.95 Å². The topological polar surface area (TPSA) is 67.0 Å². The van der Waals surface area contributed by atoms with E-state index in [0.29, 0.717) is 17.9 Å². The molecule has 266 valence electrons. The van der Waals surface area contributed by atoms with E-state index >= 15 is 0 Å². The van der Waals surface area contributed by atoms with E-state index < -0.39 is 11.6 Å². The number of hydrogen-bond donors (Lipinski definition) is 1. The number of benzene rings is 2. The molecular weight excluding hydrogens is 643 g/mol. The Morgan fingerprint density at radius 1 is 0.961 bits per heavy atom. The van der Waals surface area contributed by atoms with Gasteiger partial charge in [0, 0.05) is 78.8 Å². The minimum Gasteiger partial charge on any atom is -0.348 e. The number of halogens is 2. The van der Waals surface area contributed by atoms with Gasteiger partial charge in [0.15, 0.2) is 0 Å². The van der Waals surface area contributed by atoms with Crippen LogP contribution in [0.25, 0.3) is 28.0 Å². The summed E-state index contributed by atoms with van der Waals surface area (Å²) in [6, 6.07) is 14.4. The Morgan fingerprint density at radius 3 is 2.51 bits per heavy atom. The molecule has 0 radical (unpaired) electrons. The van der Waals surface area contributed by atoms with Crippen molar-refractivity contribution >= 4 is 28.4 Å². The molecule has 7 rings (SSSR count). The Morgan fingerprint density at radius 2 is 1.73 bits per heavy atom. The van der Waals surface area contributed by atoms with E-state index in [4.69, 9.17) is 9.97 Å². The molecule has 2 aromatic carbocycles. The highest BCUT2D eigenvalue weighted by atomic mass is 19.1. The van der Waals surface area contributed by atoms with Gasteiger partial charge in [-0.05, 0) is 107 Å². The van der Waals surface area contributed by atoms with Crippen LogP contribution in [-0.4, -0.2) is 55.9 Å². The van der Waals surface area contributed by atoms with Gasteiger partial charge in [-0.1, -0.05) is 26.0 Å². The Balaban J connectivity index is 1.07. The van der Waals surface area contributed by atoms with Crippen LogP contribution < -0.4 is 10.2 Å². The molecule has 0 atom stereocenters. The van der Waals surface area contributed by atoms with Gasteiger partial charge >= 0.3 is 0 Å². The van der Waals surface area contributed by atoms with Crippen LogP contribution in [-0.2, 0) is 26.4 Å². The number of pyridine rings is 1. The van der Waals surface area contributed by atoms with Crippen molar-refractivity contribution in [2.24, 2.45) is 13.0 Å². The second-order valence-electron chi connectivity index (χ2n) is 14.2. The molecule has 0 aliphatic carbocycles. The number of likely N-dealkylation sites (tertiary alicyclic amines) is 1. The Kier molecular flexibility index (Phi) is 10.0. The molecule has 0 saturated carbocycles. The van der Waals surface area contributed by atoms with Crippen LogP contribution in [0, 0.1) is 24.5 Å². The first-order valence-electron chi connectivity index (χ1n) is 18.2. The quantitative estimate of drug-likeness (QED) is 0.193. The van der Waals surface area contributed by atoms with Gasteiger partial charge in [-0.15, -0.1) is 0 Å². The first kappa shape index (κ1) is 34.6. The maximum absolute atomic E-state index is 13.7. The van der Waals surface area contributed by atoms with Crippen LogP contribution in [0.4, 0.5) is 20.4 Å². The average Bonchev–Trinajstić information content (AvgIpc) is 3.65. The zero-order valence-corrected chi connectivity index (χ0v) is 30.1. The van der Waals surface area contributed by atoms with Crippen molar-refractivity contribution in [3.8, 4) is 11.3 Å². The van der Waals surface area contributed by atoms with Crippen molar-refractivity contribution in [2.45, 2.75) is 64.8 Å². The monoisotopic (exact) mass is 690 g/mol. The Labute approximate surface area is 299 Å². The number of nitrogens with zero attached hydrogens (tertiary/aromatic N) is 7. The molecule has 1 saturated heterocycles. The van der Waals surface area contributed by atoms with Crippen LogP contribution >= 0.6 is 0 Å². The molecule has 51 heavy (non-hydrogen) atoms. The number of imidazole rings is 1. The standard InChI is InChI=1S/C41H48F2N8/c1-27-20-32-23-38(45-27)36-26-44-49(5)39(36)10-8-6-7-9-16-51-40-25-35(11-12-37(40)47-41(51)46-28(32)2)48(4)29(3)31-14-18-50(19-15-31)17-13-30-21-33(42)24-34(43)22-30/h11-12,20-26,31H,2-3,6-10,13-19H2,1,4-5H3,(H,46,47). The fourth-order valence-corrected chi connectivity index (χ4v) is 7.69. The number of fused-ring (bicyclic) bond motifs is 7. The summed E-state index contributed by atoms with van der Waals surface area (Å²) in [6.45, 7) is 14.5. The zero-order chi connectivity index (χ0) is 35.6. The molecule has 8 nitrogen and oxygen atoms in total. The molecule has 2 bridgehead atoms. The Hall–Kier alpha value is -4.83.